The van der Waals surface area contributed by atoms with Gasteiger partial charge in [0, 0.05) is 0 Å². The summed E-state index contributed by atoms with van der Waals surface area (Å²) in [6, 6.07) is 97.4. The zero-order chi connectivity index (χ0) is 45.1. The van der Waals surface area contributed by atoms with Crippen LogP contribution in [0.1, 0.15) is 0 Å². The summed E-state index contributed by atoms with van der Waals surface area (Å²) in [6.45, 7) is 23.4. The number of benzene rings is 8. The molecule has 0 aliphatic rings. The van der Waals surface area contributed by atoms with Gasteiger partial charge in [-0.1, -0.05) is 337 Å². The molecule has 64 heavy (non-hydrogen) atoms. The monoisotopic (exact) mass is 960 g/mol. The highest BCUT2D eigenvalue weighted by Crippen LogP contribution is 2.43. The Balaban J connectivity index is 1.65. The molecule has 0 aromatic heterocycles. The second-order valence-electron chi connectivity index (χ2n) is 18.9. The first-order chi connectivity index (χ1) is 30.9. The fourth-order valence-corrected chi connectivity index (χ4v) is 222. The Morgan fingerprint density at radius 2 is 0.391 bits per heavy atom. The first kappa shape index (κ1) is 46.0. The molecule has 6 unspecified atom stereocenters. The van der Waals surface area contributed by atoms with E-state index in [1.54, 1.807) is 41.5 Å². The van der Waals surface area contributed by atoms with Crippen molar-refractivity contribution in [3.63, 3.8) is 0 Å². The third kappa shape index (κ3) is 7.12. The predicted molar refractivity (Wildman–Crippen MR) is 302 cm³/mol. The highest BCUT2D eigenvalue weighted by molar-refractivity contribution is 8.10. The van der Waals surface area contributed by atoms with Crippen molar-refractivity contribution in [2.45, 2.75) is 52.4 Å². The van der Waals surface area contributed by atoms with E-state index in [1.165, 1.54) is 0 Å². The van der Waals surface area contributed by atoms with Crippen LogP contribution in [0.4, 0.5) is 0 Å². The summed E-state index contributed by atoms with van der Waals surface area (Å²) >= 11 is 0. The van der Waals surface area contributed by atoms with Crippen LogP contribution in [0.25, 0.3) is 0 Å². The summed E-state index contributed by atoms with van der Waals surface area (Å²) in [5.41, 5.74) is 0. The van der Waals surface area contributed by atoms with Gasteiger partial charge in [0.1, 0.15) is 0 Å². The molecule has 0 aliphatic heterocycles. The molecule has 0 saturated heterocycles. The van der Waals surface area contributed by atoms with E-state index in [-0.39, 0.29) is 0 Å². The van der Waals surface area contributed by atoms with Gasteiger partial charge < -0.3 is 0 Å². The SMILES string of the molecule is C[Si](c1ccccc1)[Si](C)(c1ccccc1)[Si](C)(c1ccccc1)[Si](C)(c1ccccc1)[Si](C)(c1ccccc1)[Si](C)(c1ccccc1)[Si](C)(c1ccccc1)[Si](C)c1ccccc1. The zero-order valence-electron chi connectivity index (χ0n) is 39.1. The average Bonchev–Trinajstić information content (AvgIpc) is 3.38. The highest BCUT2D eigenvalue weighted by atomic mass is 30.1. The third-order valence-corrected chi connectivity index (χ3v) is 155. The van der Waals surface area contributed by atoms with Crippen molar-refractivity contribution in [3.8, 4) is 0 Å². The fourth-order valence-electron chi connectivity index (χ4n) is 12.7. The molecule has 0 amide bonds. The maximum Gasteiger partial charge on any atom is 0.0773 e. The van der Waals surface area contributed by atoms with Crippen molar-refractivity contribution < 1.29 is 0 Å². The van der Waals surface area contributed by atoms with Crippen molar-refractivity contribution in [2.75, 3.05) is 0 Å². The predicted octanol–water partition coefficient (Wildman–Crippen LogP) is 8.51. The normalized spacial score (nSPS) is 17.5. The Hall–Kier alpha value is -4.50. The van der Waals surface area contributed by atoms with Crippen molar-refractivity contribution >= 4 is 101 Å². The first-order valence-corrected chi connectivity index (χ1v) is 49.0. The second-order valence-corrected chi connectivity index (χ2v) is 89.0. The molecule has 0 bridgehead atoms. The smallest absolute Gasteiger partial charge is 0.0688 e. The third-order valence-electron chi connectivity index (χ3n) is 17.0. The molecule has 8 aromatic carbocycles. The van der Waals surface area contributed by atoms with E-state index in [1.807, 2.05) is 0 Å². The van der Waals surface area contributed by atoms with E-state index in [9.17, 15) is 0 Å². The van der Waals surface area contributed by atoms with E-state index in [2.05, 4.69) is 295 Å². The average molecular weight is 962 g/mol. The van der Waals surface area contributed by atoms with E-state index >= 15 is 0 Å². The van der Waals surface area contributed by atoms with Crippen molar-refractivity contribution in [2.24, 2.45) is 0 Å². The second kappa shape index (κ2) is 18.8. The molecular weight excluding hydrogens is 897 g/mol. The fraction of sp³-hybridized carbons (Fsp3) is 0.143. The van der Waals surface area contributed by atoms with E-state index in [0.29, 0.717) is 0 Å². The largest absolute Gasteiger partial charge is 0.0773 e. The molecule has 0 spiro atoms. The van der Waals surface area contributed by atoms with Gasteiger partial charge in [0.15, 0.2) is 0 Å². The quantitative estimate of drug-likeness (QED) is 0.0906. The van der Waals surface area contributed by atoms with Crippen LogP contribution in [-0.4, -0.2) is 59.3 Å². The molecule has 8 rings (SSSR count). The van der Waals surface area contributed by atoms with Crippen LogP contribution in [0.3, 0.4) is 0 Å². The summed E-state index contributed by atoms with van der Waals surface area (Å²) in [7, 11) is -18.7. The zero-order valence-corrected chi connectivity index (χ0v) is 47.1. The topological polar surface area (TPSA) is 0 Å². The van der Waals surface area contributed by atoms with Gasteiger partial charge in [0.05, 0.1) is 59.3 Å². The van der Waals surface area contributed by atoms with Gasteiger partial charge in [-0.3, -0.25) is 0 Å². The molecule has 320 valence electrons. The van der Waals surface area contributed by atoms with Gasteiger partial charge in [-0.25, -0.2) is 0 Å². The number of hydrogen-bond donors (Lipinski definition) is 0. The minimum Gasteiger partial charge on any atom is -0.0688 e. The minimum absolute atomic E-state index is 1.15. The molecule has 0 N–H and O–H groups in total. The van der Waals surface area contributed by atoms with Gasteiger partial charge in [0.25, 0.3) is 0 Å². The number of hydrogen-bond acceptors (Lipinski definition) is 0. The molecular formula is C56H64Si8. The number of rotatable bonds is 15. The highest BCUT2D eigenvalue weighted by Gasteiger charge is 2.77. The molecule has 0 fully saturated rings. The van der Waals surface area contributed by atoms with E-state index in [4.69, 9.17) is 0 Å². The Morgan fingerprint density at radius 1 is 0.219 bits per heavy atom. The van der Waals surface area contributed by atoms with Gasteiger partial charge >= 0.3 is 0 Å². The van der Waals surface area contributed by atoms with Crippen LogP contribution in [0.5, 0.6) is 0 Å². The summed E-state index contributed by atoms with van der Waals surface area (Å²) in [6.07, 6.45) is 0. The molecule has 0 heterocycles. The minimum atomic E-state index is -2.86. The molecule has 0 saturated carbocycles. The van der Waals surface area contributed by atoms with Gasteiger partial charge in [0.2, 0.25) is 0 Å². The molecule has 0 nitrogen and oxygen atoms in total. The molecule has 8 heteroatoms. The van der Waals surface area contributed by atoms with Crippen molar-refractivity contribution in [1.82, 2.24) is 0 Å². The van der Waals surface area contributed by atoms with Crippen molar-refractivity contribution in [1.29, 1.82) is 0 Å². The lowest BCUT2D eigenvalue weighted by Crippen LogP contribution is -3.05. The Bertz CT molecular complexity index is 2530. The lowest BCUT2D eigenvalue weighted by Gasteiger charge is -2.68. The molecule has 6 atom stereocenters. The van der Waals surface area contributed by atoms with Gasteiger partial charge in [-0.05, 0) is 0 Å². The van der Waals surface area contributed by atoms with Crippen LogP contribution in [0.15, 0.2) is 243 Å². The maximum absolute atomic E-state index is 3.04. The van der Waals surface area contributed by atoms with Crippen LogP contribution >= 0.6 is 0 Å². The van der Waals surface area contributed by atoms with Crippen LogP contribution in [0, 0.1) is 0 Å². The standard InChI is InChI=1S/C56H64Si8/c1-57(49-33-17-9-18-34-49)59(3,51-37-21-11-22-38-51)61(5,53-41-25-13-26-42-53)63(7,55-45-29-15-30-46-55)64(8,56-47-31-16-32-48-56)62(6,54-43-27-14-28-44-54)60(4,52-39-23-12-24-40-52)58(2)50-35-19-10-20-36-50/h9-48H,1-8H3. The molecule has 8 aromatic rings. The van der Waals surface area contributed by atoms with E-state index in [0.717, 1.165) is 0 Å². The summed E-state index contributed by atoms with van der Waals surface area (Å²) < 4.78 is 0. The maximum atomic E-state index is 3.04. The van der Waals surface area contributed by atoms with Crippen molar-refractivity contribution in [3.05, 3.63) is 243 Å². The van der Waals surface area contributed by atoms with E-state index < -0.39 is 59.3 Å². The Morgan fingerprint density at radius 3 is 0.609 bits per heavy atom. The Labute approximate surface area is 393 Å². The lowest BCUT2D eigenvalue weighted by molar-refractivity contribution is 1.69. The van der Waals surface area contributed by atoms with Crippen LogP contribution in [0.2, 0.25) is 52.4 Å². The molecule has 0 aliphatic carbocycles. The Kier molecular flexibility index (Phi) is 13.5. The summed E-state index contributed by atoms with van der Waals surface area (Å²) in [5.74, 6) is 0. The summed E-state index contributed by atoms with van der Waals surface area (Å²) in [5, 5.41) is 13.2. The van der Waals surface area contributed by atoms with Crippen LogP contribution in [-0.2, 0) is 0 Å². The lowest BCUT2D eigenvalue weighted by atomic mass is 10.4. The van der Waals surface area contributed by atoms with Gasteiger partial charge in [-0.15, -0.1) is 0 Å². The van der Waals surface area contributed by atoms with Gasteiger partial charge in [-0.2, -0.15) is 0 Å². The molecule has 2 radical (unpaired) electrons. The van der Waals surface area contributed by atoms with Crippen LogP contribution < -0.4 is 41.5 Å². The summed E-state index contributed by atoms with van der Waals surface area (Å²) in [4.78, 5) is 0. The first-order valence-electron chi connectivity index (χ1n) is 23.0.